The molecule has 27 heavy (non-hydrogen) atoms. The SMILES string of the molecule is COC1(C(=O)N2CCCN(C(=O)CCc3ccccc3)CC2)CCNCC1. The normalized spacial score (nSPS) is 20.2. The lowest BCUT2D eigenvalue weighted by Crippen LogP contribution is -2.56. The summed E-state index contributed by atoms with van der Waals surface area (Å²) in [6.07, 6.45) is 3.52. The summed E-state index contributed by atoms with van der Waals surface area (Å²) >= 11 is 0. The smallest absolute Gasteiger partial charge is 0.254 e. The zero-order valence-electron chi connectivity index (χ0n) is 16.3. The zero-order valence-corrected chi connectivity index (χ0v) is 16.3. The highest BCUT2D eigenvalue weighted by molar-refractivity contribution is 5.85. The van der Waals surface area contributed by atoms with E-state index in [0.717, 1.165) is 32.5 Å². The molecule has 148 valence electrons. The monoisotopic (exact) mass is 373 g/mol. The lowest BCUT2D eigenvalue weighted by atomic mass is 9.90. The van der Waals surface area contributed by atoms with Crippen LogP contribution in [-0.4, -0.2) is 73.6 Å². The van der Waals surface area contributed by atoms with Crippen molar-refractivity contribution < 1.29 is 14.3 Å². The Hall–Kier alpha value is -1.92. The first-order valence-corrected chi connectivity index (χ1v) is 10.0. The van der Waals surface area contributed by atoms with E-state index in [1.165, 1.54) is 5.56 Å². The lowest BCUT2D eigenvalue weighted by molar-refractivity contribution is -0.158. The van der Waals surface area contributed by atoms with Crippen molar-refractivity contribution in [1.29, 1.82) is 0 Å². The molecule has 6 heteroatoms. The quantitative estimate of drug-likeness (QED) is 0.849. The minimum Gasteiger partial charge on any atom is -0.368 e. The highest BCUT2D eigenvalue weighted by Crippen LogP contribution is 2.26. The average molecular weight is 373 g/mol. The van der Waals surface area contributed by atoms with Crippen molar-refractivity contribution >= 4 is 11.8 Å². The van der Waals surface area contributed by atoms with Gasteiger partial charge in [-0.2, -0.15) is 0 Å². The van der Waals surface area contributed by atoms with Gasteiger partial charge in [-0.25, -0.2) is 0 Å². The summed E-state index contributed by atoms with van der Waals surface area (Å²) in [6, 6.07) is 10.1. The van der Waals surface area contributed by atoms with Gasteiger partial charge < -0.3 is 19.9 Å². The van der Waals surface area contributed by atoms with Crippen molar-refractivity contribution in [3.63, 3.8) is 0 Å². The Morgan fingerprint density at radius 3 is 2.41 bits per heavy atom. The average Bonchev–Trinajstić information content (AvgIpc) is 2.99. The molecule has 0 aliphatic carbocycles. The van der Waals surface area contributed by atoms with Gasteiger partial charge in [-0.3, -0.25) is 9.59 Å². The van der Waals surface area contributed by atoms with Gasteiger partial charge in [-0.15, -0.1) is 0 Å². The maximum absolute atomic E-state index is 13.1. The predicted octanol–water partition coefficient (Wildman–Crippen LogP) is 1.45. The van der Waals surface area contributed by atoms with E-state index < -0.39 is 5.60 Å². The van der Waals surface area contributed by atoms with E-state index in [9.17, 15) is 9.59 Å². The summed E-state index contributed by atoms with van der Waals surface area (Å²) in [4.78, 5) is 29.5. The molecular weight excluding hydrogens is 342 g/mol. The Labute approximate surface area is 161 Å². The molecule has 0 aromatic heterocycles. The van der Waals surface area contributed by atoms with Gasteiger partial charge in [0.15, 0.2) is 0 Å². The molecule has 0 unspecified atom stereocenters. The number of carbonyl (C=O) groups is 2. The highest BCUT2D eigenvalue weighted by atomic mass is 16.5. The van der Waals surface area contributed by atoms with Crippen molar-refractivity contribution in [2.45, 2.75) is 37.7 Å². The first-order chi connectivity index (χ1) is 13.1. The third-order valence-electron chi connectivity index (χ3n) is 5.80. The maximum Gasteiger partial charge on any atom is 0.254 e. The number of hydrogen-bond acceptors (Lipinski definition) is 4. The second-order valence-electron chi connectivity index (χ2n) is 7.46. The standard InChI is InChI=1S/C21H31N3O3/c1-27-21(10-12-22-13-11-21)20(26)24-15-5-14-23(16-17-24)19(25)9-8-18-6-3-2-4-7-18/h2-4,6-7,22H,5,8-17H2,1H3. The molecule has 1 aromatic carbocycles. The van der Waals surface area contributed by atoms with Crippen LogP contribution in [0.1, 0.15) is 31.2 Å². The zero-order chi connectivity index (χ0) is 19.1. The van der Waals surface area contributed by atoms with E-state index >= 15 is 0 Å². The van der Waals surface area contributed by atoms with Crippen molar-refractivity contribution in [2.24, 2.45) is 0 Å². The molecule has 2 aliphatic heterocycles. The van der Waals surface area contributed by atoms with Gasteiger partial charge in [0.1, 0.15) is 5.60 Å². The Balaban J connectivity index is 1.53. The second kappa shape index (κ2) is 9.33. The van der Waals surface area contributed by atoms with Gasteiger partial charge >= 0.3 is 0 Å². The van der Waals surface area contributed by atoms with Crippen LogP contribution in [0.25, 0.3) is 0 Å². The van der Waals surface area contributed by atoms with Gasteiger partial charge in [0.25, 0.3) is 5.91 Å². The van der Waals surface area contributed by atoms with Crippen molar-refractivity contribution in [1.82, 2.24) is 15.1 Å². The summed E-state index contributed by atoms with van der Waals surface area (Å²) in [5.74, 6) is 0.265. The highest BCUT2D eigenvalue weighted by Gasteiger charge is 2.42. The summed E-state index contributed by atoms with van der Waals surface area (Å²) < 4.78 is 5.68. The third kappa shape index (κ3) is 4.87. The van der Waals surface area contributed by atoms with Crippen LogP contribution in [0.2, 0.25) is 0 Å². The van der Waals surface area contributed by atoms with Crippen LogP contribution in [0.5, 0.6) is 0 Å². The van der Waals surface area contributed by atoms with Crippen LogP contribution in [0.4, 0.5) is 0 Å². The van der Waals surface area contributed by atoms with Gasteiger partial charge in [0.05, 0.1) is 0 Å². The molecular formula is C21H31N3O3. The van der Waals surface area contributed by atoms with Crippen molar-refractivity contribution in [2.75, 3.05) is 46.4 Å². The van der Waals surface area contributed by atoms with Gasteiger partial charge in [0.2, 0.25) is 5.91 Å². The molecule has 1 N–H and O–H groups in total. The molecule has 3 rings (SSSR count). The number of amides is 2. The van der Waals surface area contributed by atoms with Gasteiger partial charge in [-0.1, -0.05) is 30.3 Å². The fourth-order valence-electron chi connectivity index (χ4n) is 4.05. The molecule has 0 atom stereocenters. The topological polar surface area (TPSA) is 61.9 Å². The number of benzene rings is 1. The maximum atomic E-state index is 13.1. The largest absolute Gasteiger partial charge is 0.368 e. The van der Waals surface area contributed by atoms with E-state index in [2.05, 4.69) is 17.4 Å². The summed E-state index contributed by atoms with van der Waals surface area (Å²) in [6.45, 7) is 4.22. The Morgan fingerprint density at radius 2 is 1.70 bits per heavy atom. The number of nitrogens with one attached hydrogen (secondary N) is 1. The molecule has 2 fully saturated rings. The lowest BCUT2D eigenvalue weighted by Gasteiger charge is -2.38. The Bertz CT molecular complexity index is 629. The van der Waals surface area contributed by atoms with E-state index in [4.69, 9.17) is 4.74 Å². The molecule has 0 spiro atoms. The molecule has 0 bridgehead atoms. The van der Waals surface area contributed by atoms with Crippen LogP contribution < -0.4 is 5.32 Å². The number of piperidine rings is 1. The Morgan fingerprint density at radius 1 is 1.04 bits per heavy atom. The number of hydrogen-bond donors (Lipinski definition) is 1. The summed E-state index contributed by atoms with van der Waals surface area (Å²) in [7, 11) is 1.64. The van der Waals surface area contributed by atoms with Crippen molar-refractivity contribution in [3.05, 3.63) is 35.9 Å². The molecule has 0 saturated carbocycles. The molecule has 2 aliphatic rings. The molecule has 1 aromatic rings. The number of aryl methyl sites for hydroxylation is 1. The molecule has 2 amide bonds. The van der Waals surface area contributed by atoms with Crippen LogP contribution >= 0.6 is 0 Å². The van der Waals surface area contributed by atoms with E-state index in [1.54, 1.807) is 7.11 Å². The summed E-state index contributed by atoms with van der Waals surface area (Å²) in [5.41, 5.74) is 0.489. The van der Waals surface area contributed by atoms with E-state index in [-0.39, 0.29) is 11.8 Å². The molecule has 2 saturated heterocycles. The number of carbonyl (C=O) groups excluding carboxylic acids is 2. The van der Waals surface area contributed by atoms with E-state index in [0.29, 0.717) is 38.9 Å². The first kappa shape index (κ1) is 19.8. The number of ether oxygens (including phenoxy) is 1. The van der Waals surface area contributed by atoms with E-state index in [1.807, 2.05) is 28.0 Å². The number of rotatable bonds is 5. The molecule has 6 nitrogen and oxygen atoms in total. The minimum atomic E-state index is -0.697. The first-order valence-electron chi connectivity index (χ1n) is 10.0. The summed E-state index contributed by atoms with van der Waals surface area (Å²) in [5, 5.41) is 3.29. The van der Waals surface area contributed by atoms with Gasteiger partial charge in [-0.05, 0) is 44.3 Å². The predicted molar refractivity (Wildman–Crippen MR) is 104 cm³/mol. The minimum absolute atomic E-state index is 0.0880. The van der Waals surface area contributed by atoms with Crippen LogP contribution in [-0.2, 0) is 20.7 Å². The number of methoxy groups -OCH3 is 1. The molecule has 0 radical (unpaired) electrons. The fourth-order valence-corrected chi connectivity index (χ4v) is 4.05. The number of nitrogens with zero attached hydrogens (tertiary/aromatic N) is 2. The second-order valence-corrected chi connectivity index (χ2v) is 7.46. The fraction of sp³-hybridized carbons (Fsp3) is 0.619. The van der Waals surface area contributed by atoms with Crippen LogP contribution in [0.15, 0.2) is 30.3 Å². The Kier molecular flexibility index (Phi) is 6.85. The van der Waals surface area contributed by atoms with Gasteiger partial charge in [0, 0.05) is 39.7 Å². The van der Waals surface area contributed by atoms with Crippen molar-refractivity contribution in [3.8, 4) is 0 Å². The van der Waals surface area contributed by atoms with Crippen LogP contribution in [0, 0.1) is 0 Å². The molecule has 2 heterocycles. The van der Waals surface area contributed by atoms with Crippen LogP contribution in [0.3, 0.4) is 0 Å². The third-order valence-corrected chi connectivity index (χ3v) is 5.80.